The SMILES string of the molecule is CC(=O)Nc1ccc(S(=O)(=O)Oc2ccccc2-c2ccccc2)cc1. The lowest BCUT2D eigenvalue weighted by Crippen LogP contribution is -2.11. The molecule has 0 aliphatic heterocycles. The third-order valence-electron chi connectivity index (χ3n) is 3.63. The van der Waals surface area contributed by atoms with E-state index in [1.54, 1.807) is 18.2 Å². The smallest absolute Gasteiger partial charge is 0.339 e. The second-order valence-electron chi connectivity index (χ2n) is 5.61. The molecule has 6 heteroatoms. The maximum absolute atomic E-state index is 12.6. The van der Waals surface area contributed by atoms with Gasteiger partial charge < -0.3 is 9.50 Å². The molecule has 0 aromatic heterocycles. The quantitative estimate of drug-likeness (QED) is 0.690. The van der Waals surface area contributed by atoms with Gasteiger partial charge in [0.15, 0.2) is 5.75 Å². The van der Waals surface area contributed by atoms with E-state index in [1.807, 2.05) is 36.4 Å². The maximum Gasteiger partial charge on any atom is 0.339 e. The normalized spacial score (nSPS) is 11.0. The molecular weight excluding hydrogens is 350 g/mol. The van der Waals surface area contributed by atoms with Crippen LogP contribution in [0.3, 0.4) is 0 Å². The first-order valence-electron chi connectivity index (χ1n) is 7.92. The van der Waals surface area contributed by atoms with Crippen LogP contribution in [-0.4, -0.2) is 14.3 Å². The molecule has 0 fully saturated rings. The standard InChI is InChI=1S/C20H17NO4S/c1-15(22)21-17-11-13-18(14-12-17)26(23,24)25-20-10-6-5-9-19(20)16-7-3-2-4-8-16/h2-14H,1H3,(H,21,22). The van der Waals surface area contributed by atoms with Crippen molar-refractivity contribution < 1.29 is 17.4 Å². The fraction of sp³-hybridized carbons (Fsp3) is 0.0500. The van der Waals surface area contributed by atoms with E-state index in [0.29, 0.717) is 11.3 Å². The minimum absolute atomic E-state index is 0.00877. The van der Waals surface area contributed by atoms with E-state index < -0.39 is 10.1 Å². The average molecular weight is 367 g/mol. The van der Waals surface area contributed by atoms with Crippen molar-refractivity contribution >= 4 is 21.7 Å². The monoisotopic (exact) mass is 367 g/mol. The number of carbonyl (C=O) groups is 1. The highest BCUT2D eigenvalue weighted by Crippen LogP contribution is 2.31. The van der Waals surface area contributed by atoms with Gasteiger partial charge in [0.05, 0.1) is 0 Å². The van der Waals surface area contributed by atoms with Crippen molar-refractivity contribution in [3.8, 4) is 16.9 Å². The number of hydrogen-bond acceptors (Lipinski definition) is 4. The summed E-state index contributed by atoms with van der Waals surface area (Å²) in [6, 6.07) is 22.2. The summed E-state index contributed by atoms with van der Waals surface area (Å²) in [6.07, 6.45) is 0. The minimum Gasteiger partial charge on any atom is -0.378 e. The molecule has 0 bridgehead atoms. The second kappa shape index (κ2) is 7.41. The number of carbonyl (C=O) groups excluding carboxylic acids is 1. The Hall–Kier alpha value is -3.12. The lowest BCUT2D eigenvalue weighted by molar-refractivity contribution is -0.114. The van der Waals surface area contributed by atoms with E-state index in [4.69, 9.17) is 4.18 Å². The number of para-hydroxylation sites is 1. The Kier molecular flexibility index (Phi) is 5.04. The van der Waals surface area contributed by atoms with Crippen LogP contribution in [0.2, 0.25) is 0 Å². The highest BCUT2D eigenvalue weighted by Gasteiger charge is 2.19. The van der Waals surface area contributed by atoms with Crippen molar-refractivity contribution in [2.24, 2.45) is 0 Å². The number of benzene rings is 3. The summed E-state index contributed by atoms with van der Waals surface area (Å²) in [7, 11) is -4.00. The Balaban J connectivity index is 1.90. The Labute approximate surface area is 152 Å². The van der Waals surface area contributed by atoms with Gasteiger partial charge >= 0.3 is 10.1 Å². The van der Waals surface area contributed by atoms with Crippen LogP contribution in [0.1, 0.15) is 6.92 Å². The molecule has 26 heavy (non-hydrogen) atoms. The molecular formula is C20H17NO4S. The van der Waals surface area contributed by atoms with Crippen molar-refractivity contribution in [1.29, 1.82) is 0 Å². The molecule has 0 heterocycles. The first-order chi connectivity index (χ1) is 12.5. The molecule has 132 valence electrons. The van der Waals surface area contributed by atoms with Crippen molar-refractivity contribution in [3.05, 3.63) is 78.9 Å². The van der Waals surface area contributed by atoms with Crippen molar-refractivity contribution in [1.82, 2.24) is 0 Å². The number of amides is 1. The summed E-state index contributed by atoms with van der Waals surface area (Å²) >= 11 is 0. The molecule has 1 N–H and O–H groups in total. The van der Waals surface area contributed by atoms with E-state index in [0.717, 1.165) is 5.56 Å². The van der Waals surface area contributed by atoms with Gasteiger partial charge in [-0.25, -0.2) is 0 Å². The Bertz CT molecular complexity index is 1010. The Morgan fingerprint density at radius 3 is 2.12 bits per heavy atom. The Morgan fingerprint density at radius 2 is 1.46 bits per heavy atom. The summed E-state index contributed by atoms with van der Waals surface area (Å²) in [5, 5.41) is 2.59. The minimum atomic E-state index is -4.00. The largest absolute Gasteiger partial charge is 0.378 e. The van der Waals surface area contributed by atoms with Gasteiger partial charge in [0, 0.05) is 18.2 Å². The van der Waals surface area contributed by atoms with Crippen molar-refractivity contribution in [2.75, 3.05) is 5.32 Å². The highest BCUT2D eigenvalue weighted by molar-refractivity contribution is 7.87. The number of nitrogens with one attached hydrogen (secondary N) is 1. The first-order valence-corrected chi connectivity index (χ1v) is 9.33. The van der Waals surface area contributed by atoms with Gasteiger partial charge in [-0.3, -0.25) is 4.79 Å². The molecule has 3 aromatic rings. The molecule has 0 aliphatic rings. The number of anilines is 1. The molecule has 3 aromatic carbocycles. The van der Waals surface area contributed by atoms with Crippen LogP contribution in [-0.2, 0) is 14.9 Å². The molecule has 0 radical (unpaired) electrons. The second-order valence-corrected chi connectivity index (χ2v) is 7.15. The zero-order valence-electron chi connectivity index (χ0n) is 14.0. The van der Waals surface area contributed by atoms with Gasteiger partial charge in [-0.2, -0.15) is 8.42 Å². The maximum atomic E-state index is 12.6. The predicted molar refractivity (Wildman–Crippen MR) is 100 cm³/mol. The lowest BCUT2D eigenvalue weighted by atomic mass is 10.1. The van der Waals surface area contributed by atoms with Crippen LogP contribution in [0.5, 0.6) is 5.75 Å². The molecule has 0 saturated carbocycles. The summed E-state index contributed by atoms with van der Waals surface area (Å²) in [5.74, 6) is 0.0262. The number of hydrogen-bond donors (Lipinski definition) is 1. The summed E-state index contributed by atoms with van der Waals surface area (Å²) in [5.41, 5.74) is 2.06. The van der Waals surface area contributed by atoms with Gasteiger partial charge in [0.2, 0.25) is 5.91 Å². The van der Waals surface area contributed by atoms with E-state index in [2.05, 4.69) is 5.32 Å². The van der Waals surface area contributed by atoms with Gasteiger partial charge in [-0.1, -0.05) is 48.5 Å². The predicted octanol–water partition coefficient (Wildman–Crippen LogP) is 4.08. The van der Waals surface area contributed by atoms with Gasteiger partial charge in [-0.15, -0.1) is 0 Å². The molecule has 5 nitrogen and oxygen atoms in total. The fourth-order valence-electron chi connectivity index (χ4n) is 2.47. The highest BCUT2D eigenvalue weighted by atomic mass is 32.2. The van der Waals surface area contributed by atoms with Crippen LogP contribution >= 0.6 is 0 Å². The van der Waals surface area contributed by atoms with Crippen LogP contribution < -0.4 is 9.50 Å². The van der Waals surface area contributed by atoms with Gasteiger partial charge in [0.1, 0.15) is 4.90 Å². The average Bonchev–Trinajstić information content (AvgIpc) is 2.62. The summed E-state index contributed by atoms with van der Waals surface area (Å²) < 4.78 is 30.6. The van der Waals surface area contributed by atoms with Gasteiger partial charge in [0.25, 0.3) is 0 Å². The molecule has 1 amide bonds. The third-order valence-corrected chi connectivity index (χ3v) is 4.88. The van der Waals surface area contributed by atoms with Crippen LogP contribution in [0.4, 0.5) is 5.69 Å². The summed E-state index contributed by atoms with van der Waals surface area (Å²) in [6.45, 7) is 1.38. The van der Waals surface area contributed by atoms with Crippen molar-refractivity contribution in [2.45, 2.75) is 11.8 Å². The molecule has 0 saturated heterocycles. The van der Waals surface area contributed by atoms with E-state index in [-0.39, 0.29) is 16.6 Å². The summed E-state index contributed by atoms with van der Waals surface area (Å²) in [4.78, 5) is 11.1. The van der Waals surface area contributed by atoms with Crippen LogP contribution in [0, 0.1) is 0 Å². The van der Waals surface area contributed by atoms with E-state index >= 15 is 0 Å². The van der Waals surface area contributed by atoms with Crippen molar-refractivity contribution in [3.63, 3.8) is 0 Å². The van der Waals surface area contributed by atoms with Crippen LogP contribution in [0.15, 0.2) is 83.8 Å². The molecule has 3 rings (SSSR count). The zero-order valence-corrected chi connectivity index (χ0v) is 14.9. The first kappa shape index (κ1) is 17.7. The lowest BCUT2D eigenvalue weighted by Gasteiger charge is -2.12. The van der Waals surface area contributed by atoms with E-state index in [1.165, 1.54) is 31.2 Å². The molecule has 0 unspecified atom stereocenters. The van der Waals surface area contributed by atoms with E-state index in [9.17, 15) is 13.2 Å². The molecule has 0 aliphatic carbocycles. The third kappa shape index (κ3) is 4.10. The fourth-order valence-corrected chi connectivity index (χ4v) is 3.42. The van der Waals surface area contributed by atoms with Gasteiger partial charge in [-0.05, 0) is 35.9 Å². The Morgan fingerprint density at radius 1 is 0.846 bits per heavy atom. The zero-order chi connectivity index (χ0) is 18.6. The number of rotatable bonds is 5. The molecule has 0 spiro atoms. The topological polar surface area (TPSA) is 72.5 Å². The molecule has 0 atom stereocenters. The van der Waals surface area contributed by atoms with Crippen LogP contribution in [0.25, 0.3) is 11.1 Å².